The molecule has 5 rings (SSSR count). The molecule has 3 aromatic heterocycles. The topological polar surface area (TPSA) is 20.7 Å². The van der Waals surface area contributed by atoms with Gasteiger partial charge in [-0.15, -0.1) is 11.3 Å². The predicted molar refractivity (Wildman–Crippen MR) is 122 cm³/mol. The monoisotopic (exact) mass is 384 g/mol. The van der Waals surface area contributed by atoms with Crippen molar-refractivity contribution in [1.82, 2.24) is 9.55 Å². The Hall–Kier alpha value is -2.78. The highest BCUT2D eigenvalue weighted by molar-refractivity contribution is 7.13. The molecule has 0 radical (unpaired) electrons. The van der Waals surface area contributed by atoms with Crippen molar-refractivity contribution in [2.75, 3.05) is 0 Å². The van der Waals surface area contributed by atoms with Gasteiger partial charge in [0.05, 0.1) is 0 Å². The van der Waals surface area contributed by atoms with E-state index >= 15 is 0 Å². The van der Waals surface area contributed by atoms with E-state index in [-0.39, 0.29) is 0 Å². The predicted octanol–water partition coefficient (Wildman–Crippen LogP) is 7.46. The van der Waals surface area contributed by atoms with Gasteiger partial charge in [-0.05, 0) is 56.8 Å². The summed E-state index contributed by atoms with van der Waals surface area (Å²) in [6.45, 7) is 9.89. The molecule has 0 amide bonds. The summed E-state index contributed by atoms with van der Waals surface area (Å²) < 4.78 is 2.44. The Bertz CT molecular complexity index is 1320. The van der Waals surface area contributed by atoms with Gasteiger partial charge >= 0.3 is 0 Å². The van der Waals surface area contributed by atoms with Gasteiger partial charge in [-0.25, -0.2) is 0 Å². The van der Waals surface area contributed by atoms with Crippen molar-refractivity contribution in [2.45, 2.75) is 34.2 Å². The van der Waals surface area contributed by atoms with Gasteiger partial charge in [0.25, 0.3) is 0 Å². The van der Waals surface area contributed by atoms with Gasteiger partial charge in [0.15, 0.2) is 0 Å². The molecular formula is C25H24N2S. The molecule has 28 heavy (non-hydrogen) atoms. The van der Waals surface area contributed by atoms with Crippen molar-refractivity contribution < 1.29 is 0 Å². The molecule has 0 atom stereocenters. The molecule has 2 aromatic carbocycles. The lowest BCUT2D eigenvalue weighted by Crippen LogP contribution is -1.96. The summed E-state index contributed by atoms with van der Waals surface area (Å²) in [5.41, 5.74) is 10.5. The van der Waals surface area contributed by atoms with Crippen molar-refractivity contribution in [2.24, 2.45) is 0 Å². The van der Waals surface area contributed by atoms with Crippen molar-refractivity contribution in [1.29, 1.82) is 0 Å². The second-order valence-electron chi connectivity index (χ2n) is 7.48. The summed E-state index contributed by atoms with van der Waals surface area (Å²) in [7, 11) is 0. The van der Waals surface area contributed by atoms with Gasteiger partial charge in [-0.2, -0.15) is 0 Å². The van der Waals surface area contributed by atoms with E-state index in [1.807, 2.05) is 11.3 Å². The highest BCUT2D eigenvalue weighted by Gasteiger charge is 2.22. The normalized spacial score (nSPS) is 11.7. The number of aromatic amines is 1. The van der Waals surface area contributed by atoms with Gasteiger partial charge in [-0.3, -0.25) is 0 Å². The van der Waals surface area contributed by atoms with Crippen LogP contribution in [0.25, 0.3) is 43.4 Å². The van der Waals surface area contributed by atoms with Crippen LogP contribution in [0.15, 0.2) is 53.9 Å². The largest absolute Gasteiger partial charge is 0.358 e. The summed E-state index contributed by atoms with van der Waals surface area (Å²) in [5, 5.41) is 4.86. The van der Waals surface area contributed by atoms with Gasteiger partial charge in [0.2, 0.25) is 0 Å². The number of nitrogens with zero attached hydrogens (tertiary/aromatic N) is 1. The number of aromatic nitrogens is 2. The molecular weight excluding hydrogens is 360 g/mol. The van der Waals surface area contributed by atoms with Crippen LogP contribution < -0.4 is 0 Å². The zero-order chi connectivity index (χ0) is 19.4. The second kappa shape index (κ2) is 6.39. The first kappa shape index (κ1) is 17.3. The lowest BCUT2D eigenvalue weighted by Gasteiger charge is -2.13. The fourth-order valence-corrected chi connectivity index (χ4v) is 5.39. The number of fused-ring (bicyclic) bond motifs is 2. The van der Waals surface area contributed by atoms with Gasteiger partial charge in [0.1, 0.15) is 0 Å². The van der Waals surface area contributed by atoms with Crippen molar-refractivity contribution >= 4 is 33.1 Å². The molecule has 140 valence electrons. The Morgan fingerprint density at radius 2 is 1.75 bits per heavy atom. The first-order chi connectivity index (χ1) is 13.6. The van der Waals surface area contributed by atoms with E-state index in [1.54, 1.807) is 0 Å². The molecule has 0 bridgehead atoms. The van der Waals surface area contributed by atoms with Gasteiger partial charge in [0, 0.05) is 61.3 Å². The van der Waals surface area contributed by atoms with Crippen LogP contribution in [0.3, 0.4) is 0 Å². The maximum absolute atomic E-state index is 3.59. The molecule has 0 aliphatic rings. The Kier molecular flexibility index (Phi) is 3.95. The number of benzene rings is 2. The van der Waals surface area contributed by atoms with E-state index < -0.39 is 0 Å². The number of hydrogen-bond acceptors (Lipinski definition) is 1. The van der Waals surface area contributed by atoms with Crippen LogP contribution in [-0.2, 0) is 6.54 Å². The van der Waals surface area contributed by atoms with Crippen LogP contribution in [0.1, 0.15) is 23.9 Å². The smallest absolute Gasteiger partial charge is 0.0488 e. The zero-order valence-corrected chi connectivity index (χ0v) is 17.6. The molecule has 5 aromatic rings. The fraction of sp³-hybridized carbons (Fsp3) is 0.200. The number of para-hydroxylation sites is 1. The van der Waals surface area contributed by atoms with Crippen LogP contribution in [0.5, 0.6) is 0 Å². The van der Waals surface area contributed by atoms with E-state index in [1.165, 1.54) is 60.3 Å². The molecule has 0 saturated heterocycles. The molecule has 2 nitrogen and oxygen atoms in total. The quantitative estimate of drug-likeness (QED) is 0.333. The van der Waals surface area contributed by atoms with Crippen LogP contribution in [0, 0.1) is 20.8 Å². The minimum Gasteiger partial charge on any atom is -0.358 e. The van der Waals surface area contributed by atoms with Crippen molar-refractivity contribution in [3.05, 3.63) is 70.9 Å². The average molecular weight is 385 g/mol. The standard InChI is InChI=1S/C25H24N2S/c1-5-27-17(4)24(18-9-6-7-10-21(18)27)25-19(22-11-8-14-28-22)12-13-20-23(25)15(2)16(3)26-20/h6-14,26H,5H2,1-4H3. The fourth-order valence-electron chi connectivity index (χ4n) is 4.63. The number of nitrogens with one attached hydrogen (secondary N) is 1. The SMILES string of the molecule is CCn1c(C)c(-c2c(-c3cccs3)ccc3[nH]c(C)c(C)c23)c2ccccc21. The molecule has 1 N–H and O–H groups in total. The third-order valence-corrected chi connectivity index (χ3v) is 6.95. The molecule has 0 aliphatic carbocycles. The van der Waals surface area contributed by atoms with Crippen molar-refractivity contribution in [3.8, 4) is 21.6 Å². The molecule has 3 heterocycles. The highest BCUT2D eigenvalue weighted by atomic mass is 32.1. The molecule has 0 saturated carbocycles. The number of hydrogen-bond donors (Lipinski definition) is 1. The van der Waals surface area contributed by atoms with Gasteiger partial charge < -0.3 is 9.55 Å². The Morgan fingerprint density at radius 3 is 2.50 bits per heavy atom. The summed E-state index contributed by atoms with van der Waals surface area (Å²) in [6, 6.07) is 17.7. The highest BCUT2D eigenvalue weighted by Crippen LogP contribution is 2.46. The van der Waals surface area contributed by atoms with Crippen LogP contribution in [0.2, 0.25) is 0 Å². The Balaban J connectivity index is 2.01. The van der Waals surface area contributed by atoms with Gasteiger partial charge in [-0.1, -0.05) is 30.3 Å². The van der Waals surface area contributed by atoms with E-state index in [2.05, 4.69) is 91.2 Å². The molecule has 0 unspecified atom stereocenters. The maximum Gasteiger partial charge on any atom is 0.0488 e. The molecule has 0 spiro atoms. The Morgan fingerprint density at radius 1 is 0.929 bits per heavy atom. The van der Waals surface area contributed by atoms with E-state index in [0.717, 1.165) is 6.54 Å². The number of rotatable bonds is 3. The minimum absolute atomic E-state index is 0.974. The minimum atomic E-state index is 0.974. The molecule has 0 aliphatic heterocycles. The average Bonchev–Trinajstić information content (AvgIpc) is 3.39. The zero-order valence-electron chi connectivity index (χ0n) is 16.8. The molecule has 3 heteroatoms. The third-order valence-electron chi connectivity index (χ3n) is 6.05. The number of thiophene rings is 1. The van der Waals surface area contributed by atoms with Crippen LogP contribution in [-0.4, -0.2) is 9.55 Å². The summed E-state index contributed by atoms with van der Waals surface area (Å²) >= 11 is 1.81. The third kappa shape index (κ3) is 2.33. The summed E-state index contributed by atoms with van der Waals surface area (Å²) in [4.78, 5) is 4.92. The lowest BCUT2D eigenvalue weighted by atomic mass is 9.91. The lowest BCUT2D eigenvalue weighted by molar-refractivity contribution is 0.771. The second-order valence-corrected chi connectivity index (χ2v) is 8.43. The summed E-state index contributed by atoms with van der Waals surface area (Å²) in [6.07, 6.45) is 0. The number of H-pyrrole nitrogens is 1. The Labute approximate surface area is 169 Å². The van der Waals surface area contributed by atoms with E-state index in [9.17, 15) is 0 Å². The van der Waals surface area contributed by atoms with E-state index in [4.69, 9.17) is 0 Å². The first-order valence-electron chi connectivity index (χ1n) is 9.85. The van der Waals surface area contributed by atoms with Crippen molar-refractivity contribution in [3.63, 3.8) is 0 Å². The van der Waals surface area contributed by atoms with Crippen LogP contribution in [0.4, 0.5) is 0 Å². The van der Waals surface area contributed by atoms with Crippen LogP contribution >= 0.6 is 11.3 Å². The maximum atomic E-state index is 3.59. The summed E-state index contributed by atoms with van der Waals surface area (Å²) in [5.74, 6) is 0. The van der Waals surface area contributed by atoms with E-state index in [0.29, 0.717) is 0 Å². The molecule has 0 fully saturated rings. The number of aryl methyl sites for hydroxylation is 3. The first-order valence-corrected chi connectivity index (χ1v) is 10.7.